The molecule has 2 heterocycles. The third-order valence-electron chi connectivity index (χ3n) is 3.68. The number of fused-ring (bicyclic) bond motifs is 1. The summed E-state index contributed by atoms with van der Waals surface area (Å²) in [6, 6.07) is 0. The second-order valence-electron chi connectivity index (χ2n) is 5.25. The molecule has 0 aliphatic heterocycles. The number of halogens is 2. The number of nitrogens with one attached hydrogen (secondary N) is 1. The highest BCUT2D eigenvalue weighted by Crippen LogP contribution is 2.65. The number of aromatic nitrogens is 4. The molecule has 0 radical (unpaired) electrons. The fourth-order valence-corrected chi connectivity index (χ4v) is 3.20. The van der Waals surface area contributed by atoms with Crippen molar-refractivity contribution < 1.29 is 23.1 Å². The van der Waals surface area contributed by atoms with E-state index in [1.807, 2.05) is 0 Å². The highest BCUT2D eigenvalue weighted by atomic mass is 31.2. The molecule has 1 aliphatic carbocycles. The van der Waals surface area contributed by atoms with E-state index < -0.39 is 30.7 Å². The first-order valence-electron chi connectivity index (χ1n) is 6.25. The van der Waals surface area contributed by atoms with Crippen molar-refractivity contribution in [2.24, 2.45) is 11.8 Å². The largest absolute Gasteiger partial charge is 0.394 e. The Morgan fingerprint density at radius 1 is 1.55 bits per heavy atom. The molecule has 0 saturated heterocycles. The minimum atomic E-state index is -5.50. The van der Waals surface area contributed by atoms with Gasteiger partial charge in [-0.1, -0.05) is 0 Å². The van der Waals surface area contributed by atoms with Gasteiger partial charge in [-0.05, 0) is 12.3 Å². The molecule has 0 bridgehead atoms. The van der Waals surface area contributed by atoms with Crippen LogP contribution >= 0.6 is 7.60 Å². The number of aromatic amines is 1. The van der Waals surface area contributed by atoms with Crippen LogP contribution in [0.5, 0.6) is 0 Å². The van der Waals surface area contributed by atoms with E-state index in [0.29, 0.717) is 0 Å². The van der Waals surface area contributed by atoms with Crippen molar-refractivity contribution in [1.82, 2.24) is 19.5 Å². The van der Waals surface area contributed by atoms with Gasteiger partial charge >= 0.3 is 13.3 Å². The maximum atomic E-state index is 13.6. The molecule has 12 heteroatoms. The van der Waals surface area contributed by atoms with Gasteiger partial charge in [0.2, 0.25) is 5.95 Å². The smallest absolute Gasteiger partial charge is 0.369 e. The van der Waals surface area contributed by atoms with Crippen LogP contribution in [0.4, 0.5) is 14.7 Å². The van der Waals surface area contributed by atoms with Crippen molar-refractivity contribution in [2.45, 2.75) is 18.6 Å². The van der Waals surface area contributed by atoms with Crippen molar-refractivity contribution in [2.75, 3.05) is 5.73 Å². The summed E-state index contributed by atoms with van der Waals surface area (Å²) >= 11 is 0. The van der Waals surface area contributed by atoms with Gasteiger partial charge in [0.05, 0.1) is 6.33 Å². The average molecular weight is 335 g/mol. The van der Waals surface area contributed by atoms with E-state index in [-0.39, 0.29) is 30.1 Å². The van der Waals surface area contributed by atoms with Crippen LogP contribution in [0.2, 0.25) is 0 Å². The SMILES string of the molecule is Nc1nc2c(ncn2C[C@H]2C[C@@H]2C(F)(F)P(=O)(O)O)c(=O)[nH]1. The number of alkyl halides is 2. The molecule has 0 aromatic carbocycles. The molecule has 0 unspecified atom stereocenters. The third kappa shape index (κ3) is 2.31. The molecule has 0 amide bonds. The summed E-state index contributed by atoms with van der Waals surface area (Å²) in [5, 5.41) is 0. The molecule has 2 aromatic heterocycles. The van der Waals surface area contributed by atoms with E-state index in [9.17, 15) is 18.1 Å². The highest BCUT2D eigenvalue weighted by Gasteiger charge is 2.64. The Bertz CT molecular complexity index is 843. The lowest BCUT2D eigenvalue weighted by atomic mass is 10.3. The number of rotatable bonds is 4. The maximum Gasteiger partial charge on any atom is 0.394 e. The number of H-pyrrole nitrogens is 1. The van der Waals surface area contributed by atoms with Crippen LogP contribution in [0, 0.1) is 11.8 Å². The summed E-state index contributed by atoms with van der Waals surface area (Å²) in [5.41, 5.74) is 0.984. The van der Waals surface area contributed by atoms with Gasteiger partial charge in [-0.3, -0.25) is 14.3 Å². The van der Waals surface area contributed by atoms with Crippen LogP contribution < -0.4 is 11.3 Å². The van der Waals surface area contributed by atoms with Crippen molar-refractivity contribution in [3.8, 4) is 0 Å². The summed E-state index contributed by atoms with van der Waals surface area (Å²) in [4.78, 5) is 39.0. The van der Waals surface area contributed by atoms with Crippen molar-refractivity contribution in [1.29, 1.82) is 0 Å². The van der Waals surface area contributed by atoms with Crippen LogP contribution in [0.1, 0.15) is 6.42 Å². The quantitative estimate of drug-likeness (QED) is 0.580. The summed E-state index contributed by atoms with van der Waals surface area (Å²) < 4.78 is 39.3. The first-order valence-corrected chi connectivity index (χ1v) is 7.86. The molecule has 9 nitrogen and oxygen atoms in total. The molecule has 1 aliphatic rings. The number of anilines is 1. The second-order valence-corrected chi connectivity index (χ2v) is 6.94. The Labute approximate surface area is 121 Å². The van der Waals surface area contributed by atoms with Crippen molar-refractivity contribution in [3.63, 3.8) is 0 Å². The molecule has 1 saturated carbocycles. The lowest BCUT2D eigenvalue weighted by Gasteiger charge is -2.17. The normalized spacial score (nSPS) is 22.2. The van der Waals surface area contributed by atoms with Gasteiger partial charge in [-0.15, -0.1) is 0 Å². The first-order chi connectivity index (χ1) is 10.1. The van der Waals surface area contributed by atoms with E-state index >= 15 is 0 Å². The van der Waals surface area contributed by atoms with Crippen LogP contribution in [0.15, 0.2) is 11.1 Å². The molecular weight excluding hydrogens is 323 g/mol. The molecule has 1 fully saturated rings. The molecule has 3 rings (SSSR count). The first kappa shape index (κ1) is 15.1. The Kier molecular flexibility index (Phi) is 3.13. The van der Waals surface area contributed by atoms with Gasteiger partial charge < -0.3 is 20.1 Å². The third-order valence-corrected chi connectivity index (χ3v) is 4.79. The van der Waals surface area contributed by atoms with Crippen LogP contribution in [-0.2, 0) is 11.1 Å². The Balaban J connectivity index is 1.85. The van der Waals surface area contributed by atoms with Gasteiger partial charge in [0.1, 0.15) is 0 Å². The molecule has 120 valence electrons. The molecule has 2 atom stereocenters. The van der Waals surface area contributed by atoms with E-state index in [2.05, 4.69) is 15.0 Å². The fourth-order valence-electron chi connectivity index (χ4n) is 2.45. The molecule has 0 spiro atoms. The van der Waals surface area contributed by atoms with Gasteiger partial charge in [0.25, 0.3) is 5.56 Å². The minimum absolute atomic E-state index is 0.0205. The predicted molar refractivity (Wildman–Crippen MR) is 71.1 cm³/mol. The number of nitrogens with two attached hydrogens (primary N) is 1. The number of nitrogen functional groups attached to an aromatic ring is 1. The highest BCUT2D eigenvalue weighted by molar-refractivity contribution is 7.53. The molecular formula is C10H12F2N5O4P. The average Bonchev–Trinajstić information content (AvgIpc) is 3.03. The van der Waals surface area contributed by atoms with Gasteiger partial charge in [-0.2, -0.15) is 13.8 Å². The van der Waals surface area contributed by atoms with Gasteiger partial charge in [0, 0.05) is 12.5 Å². The zero-order chi connectivity index (χ0) is 16.3. The summed E-state index contributed by atoms with van der Waals surface area (Å²) in [7, 11) is -5.50. The van der Waals surface area contributed by atoms with Gasteiger partial charge in [0.15, 0.2) is 11.2 Å². The van der Waals surface area contributed by atoms with Crippen LogP contribution in [0.25, 0.3) is 11.2 Å². The molecule has 22 heavy (non-hydrogen) atoms. The van der Waals surface area contributed by atoms with Crippen LogP contribution in [-0.4, -0.2) is 35.0 Å². The number of nitrogens with zero attached hydrogens (tertiary/aromatic N) is 3. The van der Waals surface area contributed by atoms with Crippen LogP contribution in [0.3, 0.4) is 0 Å². The zero-order valence-corrected chi connectivity index (χ0v) is 11.9. The predicted octanol–water partition coefficient (Wildman–Crippen LogP) is 0.108. The standard InChI is InChI=1S/C10H12F2N5O4P/c11-10(12,22(19,20)21)5-1-4(5)2-17-3-14-6-7(17)15-9(13)16-8(6)18/h3-5H,1-2H2,(H2,19,20,21)(H3,13,15,16,18)/t4-,5+/m1/s1. The van der Waals surface area contributed by atoms with E-state index in [1.54, 1.807) is 0 Å². The molecule has 5 N–H and O–H groups in total. The van der Waals surface area contributed by atoms with Crippen molar-refractivity contribution >= 4 is 24.7 Å². The minimum Gasteiger partial charge on any atom is -0.369 e. The Morgan fingerprint density at radius 2 is 2.23 bits per heavy atom. The summed E-state index contributed by atoms with van der Waals surface area (Å²) in [6.07, 6.45) is 1.23. The number of hydrogen-bond donors (Lipinski definition) is 4. The lowest BCUT2D eigenvalue weighted by molar-refractivity contribution is 0.0307. The zero-order valence-electron chi connectivity index (χ0n) is 11.0. The van der Waals surface area contributed by atoms with E-state index in [0.717, 1.165) is 0 Å². The number of imidazole rings is 1. The van der Waals surface area contributed by atoms with E-state index in [4.69, 9.17) is 15.5 Å². The number of hydrogen-bond acceptors (Lipinski definition) is 5. The Hall–Kier alpha value is -1.84. The summed E-state index contributed by atoms with van der Waals surface area (Å²) in [6.45, 7) is 0.0205. The second kappa shape index (κ2) is 4.58. The molecule has 2 aromatic rings. The van der Waals surface area contributed by atoms with Crippen molar-refractivity contribution in [3.05, 3.63) is 16.7 Å². The van der Waals surface area contributed by atoms with E-state index in [1.165, 1.54) is 10.9 Å². The topological polar surface area (TPSA) is 147 Å². The monoisotopic (exact) mass is 335 g/mol. The van der Waals surface area contributed by atoms with Gasteiger partial charge in [-0.25, -0.2) is 4.98 Å². The maximum absolute atomic E-state index is 13.6. The summed E-state index contributed by atoms with van der Waals surface area (Å²) in [5.74, 6) is -2.18. The fraction of sp³-hybridized carbons (Fsp3) is 0.500. The Morgan fingerprint density at radius 3 is 2.86 bits per heavy atom. The lowest BCUT2D eigenvalue weighted by Crippen LogP contribution is -2.21.